The molecule has 40 heavy (non-hydrogen) atoms. The van der Waals surface area contributed by atoms with Crippen LogP contribution < -0.4 is 10.1 Å². The first-order valence-corrected chi connectivity index (χ1v) is 15.0. The van der Waals surface area contributed by atoms with Gasteiger partial charge in [0.1, 0.15) is 5.75 Å². The highest BCUT2D eigenvalue weighted by atomic mass is 16.5. The fourth-order valence-electron chi connectivity index (χ4n) is 5.02. The van der Waals surface area contributed by atoms with Gasteiger partial charge >= 0.3 is 0 Å². The number of carbonyl (C=O) groups is 2. The maximum atomic E-state index is 14.1. The number of hydrogen-bond donors (Lipinski definition) is 2. The summed E-state index contributed by atoms with van der Waals surface area (Å²) in [7, 11) is 6.07. The summed E-state index contributed by atoms with van der Waals surface area (Å²) in [4.78, 5) is 32.8. The molecule has 0 fully saturated rings. The van der Waals surface area contributed by atoms with Crippen LogP contribution in [-0.4, -0.2) is 110 Å². The molecule has 1 aliphatic heterocycles. The molecule has 0 spiro atoms. The van der Waals surface area contributed by atoms with Crippen molar-refractivity contribution in [2.45, 2.75) is 84.5 Å². The Morgan fingerprint density at radius 3 is 2.62 bits per heavy atom. The normalized spacial score (nSPS) is 22.0. The molecule has 0 aromatic heterocycles. The molecule has 9 nitrogen and oxygen atoms in total. The molecule has 2 amide bonds. The van der Waals surface area contributed by atoms with Crippen molar-refractivity contribution in [1.82, 2.24) is 14.7 Å². The molecule has 9 heteroatoms. The second-order valence-corrected chi connectivity index (χ2v) is 11.7. The number of aliphatic hydroxyl groups excluding tert-OH is 1. The van der Waals surface area contributed by atoms with Crippen molar-refractivity contribution in [1.29, 1.82) is 0 Å². The monoisotopic (exact) mass is 562 g/mol. The van der Waals surface area contributed by atoms with E-state index in [9.17, 15) is 14.7 Å². The second-order valence-electron chi connectivity index (χ2n) is 11.7. The fraction of sp³-hybridized carbons (Fsp3) is 0.742. The van der Waals surface area contributed by atoms with E-state index in [4.69, 9.17) is 9.47 Å². The molecular formula is C31H54N4O5. The van der Waals surface area contributed by atoms with E-state index in [2.05, 4.69) is 31.1 Å². The minimum Gasteiger partial charge on any atom is -0.490 e. The largest absolute Gasteiger partial charge is 0.490 e. The van der Waals surface area contributed by atoms with Crippen LogP contribution in [0, 0.1) is 5.92 Å². The number of rotatable bonds is 11. The Morgan fingerprint density at radius 1 is 1.20 bits per heavy atom. The van der Waals surface area contributed by atoms with Gasteiger partial charge in [-0.3, -0.25) is 9.59 Å². The van der Waals surface area contributed by atoms with Crippen LogP contribution in [0.5, 0.6) is 5.75 Å². The maximum absolute atomic E-state index is 14.1. The minimum atomic E-state index is -0.397. The van der Waals surface area contributed by atoms with E-state index >= 15 is 0 Å². The molecule has 0 unspecified atom stereocenters. The fourth-order valence-corrected chi connectivity index (χ4v) is 5.02. The summed E-state index contributed by atoms with van der Waals surface area (Å²) in [6, 6.07) is 4.89. The minimum absolute atomic E-state index is 0.0402. The number of nitrogens with one attached hydrogen (secondary N) is 1. The van der Waals surface area contributed by atoms with Crippen molar-refractivity contribution < 1.29 is 24.2 Å². The lowest BCUT2D eigenvalue weighted by molar-refractivity contribution is -0.116. The first-order valence-electron chi connectivity index (χ1n) is 15.0. The molecule has 1 heterocycles. The molecule has 2 N–H and O–H groups in total. The van der Waals surface area contributed by atoms with Crippen LogP contribution in [-0.2, 0) is 9.53 Å². The zero-order valence-corrected chi connectivity index (χ0v) is 25.9. The number of nitrogens with zero attached hydrogens (tertiary/aromatic N) is 3. The third-order valence-corrected chi connectivity index (χ3v) is 7.44. The van der Waals surface area contributed by atoms with E-state index in [0.29, 0.717) is 36.6 Å². The number of likely N-dealkylation sites (N-methyl/N-ethyl adjacent to an activating group) is 1. The molecule has 0 aliphatic carbocycles. The lowest BCUT2D eigenvalue weighted by atomic mass is 10.0. The molecule has 2 rings (SSSR count). The van der Waals surface area contributed by atoms with Gasteiger partial charge in [0, 0.05) is 37.7 Å². The van der Waals surface area contributed by atoms with Crippen molar-refractivity contribution in [2.75, 3.05) is 65.9 Å². The van der Waals surface area contributed by atoms with E-state index < -0.39 is 6.04 Å². The summed E-state index contributed by atoms with van der Waals surface area (Å²) in [5.41, 5.74) is 0.953. The van der Waals surface area contributed by atoms with Crippen LogP contribution in [0.3, 0.4) is 0 Å². The lowest BCUT2D eigenvalue weighted by Gasteiger charge is -2.35. The Bertz CT molecular complexity index is 912. The number of aliphatic hydroxyl groups is 1. The van der Waals surface area contributed by atoms with Gasteiger partial charge in [-0.05, 0) is 98.4 Å². The predicted molar refractivity (Wildman–Crippen MR) is 161 cm³/mol. The van der Waals surface area contributed by atoms with Crippen molar-refractivity contribution in [2.24, 2.45) is 5.92 Å². The van der Waals surface area contributed by atoms with Gasteiger partial charge in [0.2, 0.25) is 5.91 Å². The summed E-state index contributed by atoms with van der Waals surface area (Å²) in [5.74, 6) is 0.230. The number of amides is 2. The van der Waals surface area contributed by atoms with Crippen LogP contribution in [0.25, 0.3) is 0 Å². The number of anilines is 1. The standard InChI is InChI=1S/C31H54N4O5/c1-8-16-34(7)21-29-23(2)20-35(24(3)22-36)31(38)27-19-26(32-30(37)13-11-17-33(5)6)14-15-28(27)40-25(4)12-9-10-18-39-29/h14-15,19,23-25,29,36H,8-13,16-18,20-22H2,1-7H3,(H,32,37)/t23-,24+,25-,29-/m1/s1. The maximum Gasteiger partial charge on any atom is 0.258 e. The number of hydrogen-bond acceptors (Lipinski definition) is 7. The van der Waals surface area contributed by atoms with Gasteiger partial charge < -0.3 is 34.6 Å². The van der Waals surface area contributed by atoms with Gasteiger partial charge in [-0.15, -0.1) is 0 Å². The molecule has 0 radical (unpaired) electrons. The van der Waals surface area contributed by atoms with E-state index in [1.807, 2.05) is 32.8 Å². The zero-order valence-electron chi connectivity index (χ0n) is 25.9. The highest BCUT2D eigenvalue weighted by Gasteiger charge is 2.30. The van der Waals surface area contributed by atoms with E-state index in [1.165, 1.54) is 0 Å². The van der Waals surface area contributed by atoms with Gasteiger partial charge in [0.15, 0.2) is 0 Å². The first kappa shape index (κ1) is 34.0. The van der Waals surface area contributed by atoms with Gasteiger partial charge in [-0.25, -0.2) is 0 Å². The van der Waals surface area contributed by atoms with E-state index in [-0.39, 0.29) is 36.5 Å². The molecule has 0 saturated carbocycles. The lowest BCUT2D eigenvalue weighted by Crippen LogP contribution is -2.47. The predicted octanol–water partition coefficient (Wildman–Crippen LogP) is 4.10. The SMILES string of the molecule is CCCN(C)C[C@H]1OCCCC[C@@H](C)Oc2ccc(NC(=O)CCCN(C)C)cc2C(=O)N([C@@H](C)CO)C[C@H]1C. The quantitative estimate of drug-likeness (QED) is 0.419. The van der Waals surface area contributed by atoms with Crippen LogP contribution in [0.4, 0.5) is 5.69 Å². The summed E-state index contributed by atoms with van der Waals surface area (Å²) in [5, 5.41) is 13.1. The third kappa shape index (κ3) is 11.4. The molecule has 1 aromatic rings. The highest BCUT2D eigenvalue weighted by Crippen LogP contribution is 2.28. The van der Waals surface area contributed by atoms with E-state index in [1.54, 1.807) is 23.1 Å². The van der Waals surface area contributed by atoms with Crippen molar-refractivity contribution in [3.63, 3.8) is 0 Å². The summed E-state index contributed by atoms with van der Waals surface area (Å²) in [6.07, 6.45) is 4.83. The molecular weight excluding hydrogens is 508 g/mol. The Morgan fingerprint density at radius 2 is 1.95 bits per heavy atom. The van der Waals surface area contributed by atoms with Gasteiger partial charge in [-0.1, -0.05) is 13.8 Å². The van der Waals surface area contributed by atoms with Crippen molar-refractivity contribution >= 4 is 17.5 Å². The Hall–Kier alpha value is -2.20. The zero-order chi connectivity index (χ0) is 29.7. The molecule has 1 aromatic carbocycles. The van der Waals surface area contributed by atoms with Gasteiger partial charge in [0.05, 0.1) is 30.4 Å². The number of benzene rings is 1. The van der Waals surface area contributed by atoms with Crippen LogP contribution >= 0.6 is 0 Å². The summed E-state index contributed by atoms with van der Waals surface area (Å²) in [6.45, 7) is 11.7. The van der Waals surface area contributed by atoms with Crippen molar-refractivity contribution in [3.8, 4) is 5.75 Å². The summed E-state index contributed by atoms with van der Waals surface area (Å²) < 4.78 is 12.7. The number of carbonyl (C=O) groups excluding carboxylic acids is 2. The van der Waals surface area contributed by atoms with Crippen LogP contribution in [0.2, 0.25) is 0 Å². The first-order chi connectivity index (χ1) is 19.0. The van der Waals surface area contributed by atoms with Gasteiger partial charge in [0.25, 0.3) is 5.91 Å². The summed E-state index contributed by atoms with van der Waals surface area (Å²) >= 11 is 0. The number of fused-ring (bicyclic) bond motifs is 1. The van der Waals surface area contributed by atoms with Crippen molar-refractivity contribution in [3.05, 3.63) is 23.8 Å². The van der Waals surface area contributed by atoms with Gasteiger partial charge in [-0.2, -0.15) is 0 Å². The highest BCUT2D eigenvalue weighted by molar-refractivity contribution is 5.99. The average Bonchev–Trinajstić information content (AvgIpc) is 2.90. The average molecular weight is 563 g/mol. The molecule has 4 atom stereocenters. The molecule has 228 valence electrons. The third-order valence-electron chi connectivity index (χ3n) is 7.44. The molecule has 0 bridgehead atoms. The van der Waals surface area contributed by atoms with E-state index in [0.717, 1.165) is 51.7 Å². The Labute approximate surface area is 242 Å². The van der Waals surface area contributed by atoms with Crippen LogP contribution in [0.1, 0.15) is 76.6 Å². The number of ether oxygens (including phenoxy) is 2. The van der Waals surface area contributed by atoms with Crippen LogP contribution in [0.15, 0.2) is 18.2 Å². The Kier molecular flexibility index (Phi) is 14.9. The smallest absolute Gasteiger partial charge is 0.258 e. The molecule has 0 saturated heterocycles. The topological polar surface area (TPSA) is 94.6 Å². The Balaban J connectivity index is 2.39. The second kappa shape index (κ2) is 17.6. The molecule has 1 aliphatic rings.